The smallest absolute Gasteiger partial charge is 0.0230 e. The largest absolute Gasteiger partial charge is 0.302 e. The molecule has 0 N–H and O–H groups in total. The minimum atomic E-state index is 0. The Morgan fingerprint density at radius 2 is 2.23 bits per heavy atom. The van der Waals surface area contributed by atoms with Crippen molar-refractivity contribution in [1.82, 2.24) is 4.90 Å². The van der Waals surface area contributed by atoms with Crippen LogP contribution in [0.3, 0.4) is 0 Å². The maximum absolute atomic E-state index is 2.42. The van der Waals surface area contributed by atoms with Crippen molar-refractivity contribution in [3.63, 3.8) is 0 Å². The summed E-state index contributed by atoms with van der Waals surface area (Å²) in [5.41, 5.74) is 3.30. The molecule has 0 aromatic rings. The lowest BCUT2D eigenvalue weighted by atomic mass is 9.85. The van der Waals surface area contributed by atoms with Gasteiger partial charge in [0, 0.05) is 13.1 Å². The Labute approximate surface area is 82.1 Å². The van der Waals surface area contributed by atoms with E-state index in [4.69, 9.17) is 0 Å². The third-order valence-corrected chi connectivity index (χ3v) is 2.93. The van der Waals surface area contributed by atoms with E-state index in [-0.39, 0.29) is 7.43 Å². The zero-order chi connectivity index (χ0) is 8.55. The van der Waals surface area contributed by atoms with E-state index >= 15 is 0 Å². The summed E-state index contributed by atoms with van der Waals surface area (Å²) in [6.07, 6.45) is 7.20. The molecule has 0 radical (unpaired) electrons. The molecule has 1 unspecified atom stereocenters. The van der Waals surface area contributed by atoms with Gasteiger partial charge in [-0.15, -0.1) is 0 Å². The number of allylic oxidation sites excluding steroid dienone is 1. The normalized spacial score (nSPS) is 28.3. The first kappa shape index (κ1) is 10.5. The third kappa shape index (κ3) is 2.02. The molecule has 0 aromatic carbocycles. The average molecular weight is 179 g/mol. The van der Waals surface area contributed by atoms with Gasteiger partial charge in [-0.25, -0.2) is 0 Å². The highest BCUT2D eigenvalue weighted by Crippen LogP contribution is 2.30. The predicted octanol–water partition coefficient (Wildman–Crippen LogP) is 2.85. The fourth-order valence-corrected chi connectivity index (χ4v) is 2.38. The highest BCUT2D eigenvalue weighted by atomic mass is 15.1. The van der Waals surface area contributed by atoms with Gasteiger partial charge in [0.25, 0.3) is 0 Å². The van der Waals surface area contributed by atoms with Crippen LogP contribution in [0, 0.1) is 5.92 Å². The average Bonchev–Trinajstić information content (AvgIpc) is 2.04. The SMILES string of the molecule is C.CC1CN(C)CC2=C1CCC=C2. The molecular weight excluding hydrogens is 158 g/mol. The van der Waals surface area contributed by atoms with Gasteiger partial charge in [0.15, 0.2) is 0 Å². The molecule has 13 heavy (non-hydrogen) atoms. The van der Waals surface area contributed by atoms with Crippen LogP contribution in [0.4, 0.5) is 0 Å². The summed E-state index contributed by atoms with van der Waals surface area (Å²) in [5.74, 6) is 0.781. The summed E-state index contributed by atoms with van der Waals surface area (Å²) in [6, 6.07) is 0. The van der Waals surface area contributed by atoms with E-state index in [1.165, 1.54) is 19.4 Å². The minimum Gasteiger partial charge on any atom is -0.302 e. The Morgan fingerprint density at radius 1 is 1.46 bits per heavy atom. The molecule has 0 amide bonds. The van der Waals surface area contributed by atoms with Crippen LogP contribution in [-0.2, 0) is 0 Å². The lowest BCUT2D eigenvalue weighted by Gasteiger charge is -2.33. The quantitative estimate of drug-likeness (QED) is 0.552. The van der Waals surface area contributed by atoms with E-state index in [1.54, 1.807) is 11.1 Å². The van der Waals surface area contributed by atoms with Gasteiger partial charge in [0.2, 0.25) is 0 Å². The van der Waals surface area contributed by atoms with Crippen molar-refractivity contribution in [3.05, 3.63) is 23.3 Å². The Hall–Kier alpha value is -0.560. The summed E-state index contributed by atoms with van der Waals surface area (Å²) in [6.45, 7) is 4.76. The van der Waals surface area contributed by atoms with Crippen LogP contribution in [0.2, 0.25) is 0 Å². The van der Waals surface area contributed by atoms with Gasteiger partial charge in [-0.2, -0.15) is 0 Å². The fraction of sp³-hybridized carbons (Fsp3) is 0.667. The molecule has 1 aliphatic heterocycles. The van der Waals surface area contributed by atoms with Crippen LogP contribution < -0.4 is 0 Å². The maximum Gasteiger partial charge on any atom is 0.0230 e. The van der Waals surface area contributed by atoms with Gasteiger partial charge in [0.05, 0.1) is 0 Å². The molecule has 1 atom stereocenters. The van der Waals surface area contributed by atoms with E-state index < -0.39 is 0 Å². The molecule has 2 rings (SSSR count). The number of rotatable bonds is 0. The van der Waals surface area contributed by atoms with Crippen molar-refractivity contribution < 1.29 is 0 Å². The van der Waals surface area contributed by atoms with Gasteiger partial charge in [-0.3, -0.25) is 0 Å². The topological polar surface area (TPSA) is 3.24 Å². The number of likely N-dealkylation sites (N-methyl/N-ethyl adjacent to an activating group) is 1. The molecule has 1 heteroatoms. The van der Waals surface area contributed by atoms with Crippen LogP contribution in [0.15, 0.2) is 23.3 Å². The second-order valence-corrected chi connectivity index (χ2v) is 4.09. The van der Waals surface area contributed by atoms with Gasteiger partial charge in [-0.1, -0.05) is 32.1 Å². The molecular formula is C12H21N. The summed E-state index contributed by atoms with van der Waals surface area (Å²) in [7, 11) is 2.21. The first-order valence-corrected chi connectivity index (χ1v) is 4.84. The number of hydrogen-bond acceptors (Lipinski definition) is 1. The first-order valence-electron chi connectivity index (χ1n) is 4.84. The van der Waals surface area contributed by atoms with Crippen LogP contribution in [0.5, 0.6) is 0 Å². The molecule has 0 bridgehead atoms. The minimum absolute atomic E-state index is 0. The van der Waals surface area contributed by atoms with Crippen molar-refractivity contribution in [3.8, 4) is 0 Å². The molecule has 1 heterocycles. The lowest BCUT2D eigenvalue weighted by molar-refractivity contribution is 0.300. The zero-order valence-corrected chi connectivity index (χ0v) is 8.01. The molecule has 74 valence electrons. The molecule has 0 aromatic heterocycles. The van der Waals surface area contributed by atoms with Crippen LogP contribution in [-0.4, -0.2) is 25.0 Å². The van der Waals surface area contributed by atoms with Crippen molar-refractivity contribution in [1.29, 1.82) is 0 Å². The summed E-state index contributed by atoms with van der Waals surface area (Å²) >= 11 is 0. The zero-order valence-electron chi connectivity index (χ0n) is 8.01. The van der Waals surface area contributed by atoms with Gasteiger partial charge in [-0.05, 0) is 31.4 Å². The first-order chi connectivity index (χ1) is 5.77. The van der Waals surface area contributed by atoms with Crippen LogP contribution in [0.25, 0.3) is 0 Å². The molecule has 1 nitrogen and oxygen atoms in total. The van der Waals surface area contributed by atoms with Gasteiger partial charge < -0.3 is 4.90 Å². The molecule has 1 aliphatic carbocycles. The van der Waals surface area contributed by atoms with E-state index in [2.05, 4.69) is 31.0 Å². The van der Waals surface area contributed by atoms with Crippen LogP contribution >= 0.6 is 0 Å². The second-order valence-electron chi connectivity index (χ2n) is 4.09. The summed E-state index contributed by atoms with van der Waals surface area (Å²) in [5, 5.41) is 0. The monoisotopic (exact) mass is 179 g/mol. The standard InChI is InChI=1S/C11H17N.CH4/c1-9-7-12(2)8-10-5-3-4-6-11(9)10;/h3,5,9H,4,6-8H2,1-2H3;1H4. The highest BCUT2D eigenvalue weighted by Gasteiger charge is 2.21. The van der Waals surface area contributed by atoms with E-state index in [1.807, 2.05) is 0 Å². The van der Waals surface area contributed by atoms with E-state index in [0.717, 1.165) is 12.5 Å². The Bertz CT molecular complexity index is 238. The molecule has 0 fully saturated rings. The van der Waals surface area contributed by atoms with Crippen molar-refractivity contribution >= 4 is 0 Å². The Morgan fingerprint density at radius 3 is 3.00 bits per heavy atom. The third-order valence-electron chi connectivity index (χ3n) is 2.93. The van der Waals surface area contributed by atoms with E-state index in [0.29, 0.717) is 0 Å². The fourth-order valence-electron chi connectivity index (χ4n) is 2.38. The Kier molecular flexibility index (Phi) is 3.32. The predicted molar refractivity (Wildman–Crippen MR) is 58.8 cm³/mol. The van der Waals surface area contributed by atoms with Crippen molar-refractivity contribution in [2.75, 3.05) is 20.1 Å². The maximum atomic E-state index is 2.42. The molecule has 0 spiro atoms. The van der Waals surface area contributed by atoms with Gasteiger partial charge >= 0.3 is 0 Å². The van der Waals surface area contributed by atoms with Gasteiger partial charge in [0.1, 0.15) is 0 Å². The molecule has 0 saturated heterocycles. The molecule has 2 aliphatic rings. The van der Waals surface area contributed by atoms with E-state index in [9.17, 15) is 0 Å². The second kappa shape index (κ2) is 4.10. The van der Waals surface area contributed by atoms with Crippen molar-refractivity contribution in [2.24, 2.45) is 5.92 Å². The number of hydrogen-bond donors (Lipinski definition) is 0. The summed E-state index contributed by atoms with van der Waals surface area (Å²) < 4.78 is 0. The number of nitrogens with zero attached hydrogens (tertiary/aromatic N) is 1. The van der Waals surface area contributed by atoms with Crippen LogP contribution in [0.1, 0.15) is 27.2 Å². The van der Waals surface area contributed by atoms with Crippen molar-refractivity contribution in [2.45, 2.75) is 27.2 Å². The lowest BCUT2D eigenvalue weighted by Crippen LogP contribution is -2.33. The molecule has 0 saturated carbocycles. The highest BCUT2D eigenvalue weighted by molar-refractivity contribution is 5.33. The summed E-state index contributed by atoms with van der Waals surface area (Å²) in [4.78, 5) is 2.42. The Balaban J connectivity index is 0.000000845.